The molecule has 1 heterocycles. The minimum atomic E-state index is -4.03. The first kappa shape index (κ1) is 15.8. The van der Waals surface area contributed by atoms with Crippen LogP contribution in [0.2, 0.25) is 0 Å². The summed E-state index contributed by atoms with van der Waals surface area (Å²) in [6.45, 7) is 3.62. The van der Waals surface area contributed by atoms with Crippen LogP contribution < -0.4 is 0 Å². The van der Waals surface area contributed by atoms with Gasteiger partial charge in [-0.05, 0) is 19.9 Å². The molecule has 1 aromatic rings. The van der Waals surface area contributed by atoms with Crippen molar-refractivity contribution in [3.63, 3.8) is 0 Å². The molecule has 0 amide bonds. The molecule has 0 saturated heterocycles. The number of nitro groups is 1. The number of nitro benzene ring substituents is 1. The minimum Gasteiger partial charge on any atom is -0.258 e. The van der Waals surface area contributed by atoms with Crippen LogP contribution in [0, 0.1) is 10.1 Å². The molecular formula is C12H14N2O5S2. The highest BCUT2D eigenvalue weighted by molar-refractivity contribution is 8.01. The molecule has 0 aromatic heterocycles. The van der Waals surface area contributed by atoms with Gasteiger partial charge in [0.1, 0.15) is 11.0 Å². The van der Waals surface area contributed by atoms with Gasteiger partial charge < -0.3 is 0 Å². The fourth-order valence-electron chi connectivity index (χ4n) is 1.85. The van der Waals surface area contributed by atoms with Crippen molar-refractivity contribution >= 4 is 26.7 Å². The second-order valence-corrected chi connectivity index (χ2v) is 8.21. The lowest BCUT2D eigenvalue weighted by atomic mass is 10.2. The Balaban J connectivity index is 2.46. The number of nitrogens with zero attached hydrogens (tertiary/aromatic N) is 2. The second kappa shape index (κ2) is 5.66. The zero-order valence-electron chi connectivity index (χ0n) is 11.5. The van der Waals surface area contributed by atoms with Gasteiger partial charge in [0.15, 0.2) is 0 Å². The summed E-state index contributed by atoms with van der Waals surface area (Å²) in [6, 6.07) is 4.75. The molecule has 2 rings (SSSR count). The van der Waals surface area contributed by atoms with Gasteiger partial charge in [-0.3, -0.25) is 10.1 Å². The lowest BCUT2D eigenvalue weighted by Gasteiger charge is -2.26. The van der Waals surface area contributed by atoms with Gasteiger partial charge in [-0.15, -0.1) is 3.71 Å². The smallest absolute Gasteiger partial charge is 0.258 e. The first-order valence-corrected chi connectivity index (χ1v) is 8.76. The Kier molecular flexibility index (Phi) is 4.26. The van der Waals surface area contributed by atoms with Gasteiger partial charge in [-0.2, -0.15) is 0 Å². The monoisotopic (exact) mass is 330 g/mol. The molecule has 7 nitrogen and oxygen atoms in total. The lowest BCUT2D eigenvalue weighted by molar-refractivity contribution is -0.385. The number of hydrogen-bond acceptors (Lipinski definition) is 5. The van der Waals surface area contributed by atoms with Crippen LogP contribution in [0.4, 0.5) is 5.69 Å². The minimum absolute atomic E-state index is 0.0312. The van der Waals surface area contributed by atoms with Crippen molar-refractivity contribution in [2.45, 2.75) is 18.7 Å². The fourth-order valence-corrected chi connectivity index (χ4v) is 5.36. The summed E-state index contributed by atoms with van der Waals surface area (Å²) in [4.78, 5) is 9.86. The van der Waals surface area contributed by atoms with Crippen LogP contribution in [0.15, 0.2) is 40.3 Å². The van der Waals surface area contributed by atoms with Crippen LogP contribution in [0.5, 0.6) is 0 Å². The van der Waals surface area contributed by atoms with Crippen molar-refractivity contribution in [2.75, 3.05) is 12.3 Å². The van der Waals surface area contributed by atoms with E-state index in [2.05, 4.69) is 0 Å². The van der Waals surface area contributed by atoms with Gasteiger partial charge in [-0.25, -0.2) is 12.6 Å². The summed E-state index contributed by atoms with van der Waals surface area (Å²) in [5, 5.41) is 10.7. The normalized spacial score (nSPS) is 20.6. The van der Waals surface area contributed by atoms with Crippen molar-refractivity contribution in [1.82, 2.24) is 3.71 Å². The van der Waals surface area contributed by atoms with E-state index in [4.69, 9.17) is 0 Å². The first-order chi connectivity index (χ1) is 9.73. The van der Waals surface area contributed by atoms with Crippen molar-refractivity contribution in [3.8, 4) is 0 Å². The first-order valence-electron chi connectivity index (χ1n) is 6.04. The molecule has 0 spiro atoms. The molecule has 1 aliphatic rings. The molecule has 0 bridgehead atoms. The predicted octanol–water partition coefficient (Wildman–Crippen LogP) is 1.60. The molecule has 1 atom stereocenters. The van der Waals surface area contributed by atoms with Crippen LogP contribution in [0.1, 0.15) is 13.8 Å². The lowest BCUT2D eigenvalue weighted by Crippen LogP contribution is -2.38. The average molecular weight is 330 g/mol. The van der Waals surface area contributed by atoms with Gasteiger partial charge in [0.05, 0.1) is 15.6 Å². The van der Waals surface area contributed by atoms with Crippen LogP contribution in [-0.4, -0.2) is 33.6 Å². The standard InChI is InChI=1S/C12H14N2O5S2/c1-9-7-13(20(17)8-10(9)2)21(18,19)12-5-3-4-11(6-12)14(15)16/h3-6H,7-8H2,1-2H3/t20-/m1/s1. The molecule has 21 heavy (non-hydrogen) atoms. The topological polar surface area (TPSA) is 97.6 Å². The highest BCUT2D eigenvalue weighted by Crippen LogP contribution is 2.26. The molecular weight excluding hydrogens is 316 g/mol. The van der Waals surface area contributed by atoms with E-state index in [-0.39, 0.29) is 22.9 Å². The number of hydrogen-bond donors (Lipinski definition) is 0. The van der Waals surface area contributed by atoms with Gasteiger partial charge in [0, 0.05) is 18.7 Å². The Morgan fingerprint density at radius 3 is 2.57 bits per heavy atom. The maximum atomic E-state index is 12.5. The zero-order valence-corrected chi connectivity index (χ0v) is 13.1. The quantitative estimate of drug-likeness (QED) is 0.476. The largest absolute Gasteiger partial charge is 0.270 e. The van der Waals surface area contributed by atoms with Crippen LogP contribution in [0.3, 0.4) is 0 Å². The molecule has 0 radical (unpaired) electrons. The molecule has 1 aliphatic heterocycles. The van der Waals surface area contributed by atoms with E-state index in [1.54, 1.807) is 6.92 Å². The van der Waals surface area contributed by atoms with Crippen molar-refractivity contribution in [1.29, 1.82) is 0 Å². The Hall–Kier alpha value is -1.58. The van der Waals surface area contributed by atoms with E-state index >= 15 is 0 Å². The maximum absolute atomic E-state index is 12.5. The Labute approximate surface area is 125 Å². The summed E-state index contributed by atoms with van der Waals surface area (Å²) < 4.78 is 38.0. The molecule has 0 saturated carbocycles. The summed E-state index contributed by atoms with van der Waals surface area (Å²) >= 11 is 0. The predicted molar refractivity (Wildman–Crippen MR) is 78.4 cm³/mol. The van der Waals surface area contributed by atoms with E-state index in [9.17, 15) is 22.7 Å². The number of rotatable bonds is 3. The third kappa shape index (κ3) is 3.04. The Morgan fingerprint density at radius 1 is 1.29 bits per heavy atom. The second-order valence-electron chi connectivity index (χ2n) is 4.75. The maximum Gasteiger partial charge on any atom is 0.270 e. The SMILES string of the molecule is CC1=C(C)C[S@@](=O)N(S(=O)(=O)c2cccc([N+](=O)[O-])c2)C1. The van der Waals surface area contributed by atoms with Crippen molar-refractivity contribution in [3.05, 3.63) is 45.5 Å². The van der Waals surface area contributed by atoms with E-state index in [1.165, 1.54) is 18.2 Å². The average Bonchev–Trinajstić information content (AvgIpc) is 2.42. The summed E-state index contributed by atoms with van der Waals surface area (Å²) in [6.07, 6.45) is 0. The third-order valence-corrected chi connectivity index (χ3v) is 7.12. The Bertz CT molecular complexity index is 755. The molecule has 9 heteroatoms. The Morgan fingerprint density at radius 2 is 1.95 bits per heavy atom. The molecule has 0 unspecified atom stereocenters. The summed E-state index contributed by atoms with van der Waals surface area (Å²) in [5.41, 5.74) is 1.42. The fraction of sp³-hybridized carbons (Fsp3) is 0.333. The highest BCUT2D eigenvalue weighted by atomic mass is 32.3. The van der Waals surface area contributed by atoms with E-state index in [0.717, 1.165) is 20.9 Å². The molecule has 0 N–H and O–H groups in total. The number of sulfonamides is 1. The molecule has 1 aromatic carbocycles. The van der Waals surface area contributed by atoms with Gasteiger partial charge in [0.25, 0.3) is 15.7 Å². The highest BCUT2D eigenvalue weighted by Gasteiger charge is 2.33. The van der Waals surface area contributed by atoms with E-state index in [0.29, 0.717) is 0 Å². The van der Waals surface area contributed by atoms with Crippen molar-refractivity contribution < 1.29 is 17.6 Å². The van der Waals surface area contributed by atoms with E-state index in [1.807, 2.05) is 6.92 Å². The van der Waals surface area contributed by atoms with Crippen LogP contribution in [-0.2, 0) is 21.0 Å². The van der Waals surface area contributed by atoms with Crippen LogP contribution >= 0.6 is 0 Å². The number of benzene rings is 1. The van der Waals surface area contributed by atoms with Gasteiger partial charge in [-0.1, -0.05) is 17.2 Å². The number of non-ortho nitro benzene ring substituents is 1. The zero-order chi connectivity index (χ0) is 15.8. The van der Waals surface area contributed by atoms with Crippen molar-refractivity contribution in [2.24, 2.45) is 0 Å². The third-order valence-electron chi connectivity index (χ3n) is 3.26. The molecule has 114 valence electrons. The summed E-state index contributed by atoms with van der Waals surface area (Å²) in [5.74, 6) is 0.153. The van der Waals surface area contributed by atoms with E-state index < -0.39 is 25.9 Å². The van der Waals surface area contributed by atoms with Gasteiger partial charge >= 0.3 is 0 Å². The van der Waals surface area contributed by atoms with Crippen LogP contribution in [0.25, 0.3) is 0 Å². The summed E-state index contributed by atoms with van der Waals surface area (Å²) in [7, 11) is -5.73. The molecule has 0 fully saturated rings. The van der Waals surface area contributed by atoms with Gasteiger partial charge in [0.2, 0.25) is 0 Å². The molecule has 0 aliphatic carbocycles.